The molecule has 0 saturated carbocycles. The van der Waals surface area contributed by atoms with E-state index in [1.165, 1.54) is 5.56 Å². The first kappa shape index (κ1) is 15.1. The minimum absolute atomic E-state index is 0.154. The van der Waals surface area contributed by atoms with Crippen molar-refractivity contribution in [2.45, 2.75) is 33.8 Å². The second kappa shape index (κ2) is 6.44. The molecule has 1 amide bonds. The summed E-state index contributed by atoms with van der Waals surface area (Å²) in [7, 11) is 0. The molecule has 0 fully saturated rings. The van der Waals surface area contributed by atoms with Crippen molar-refractivity contribution < 1.29 is 9.53 Å². The molecule has 3 nitrogen and oxygen atoms in total. The molecule has 0 aliphatic carbocycles. The molecule has 0 spiro atoms. The Hall–Kier alpha value is -2.29. The van der Waals surface area contributed by atoms with Gasteiger partial charge in [0.05, 0.1) is 0 Å². The third kappa shape index (κ3) is 4.09. The number of carbonyl (C=O) groups excluding carboxylic acids is 1. The lowest BCUT2D eigenvalue weighted by Gasteiger charge is -2.15. The van der Waals surface area contributed by atoms with Gasteiger partial charge in [-0.1, -0.05) is 18.2 Å². The summed E-state index contributed by atoms with van der Waals surface area (Å²) in [6.45, 7) is 7.82. The highest BCUT2D eigenvalue weighted by Crippen LogP contribution is 2.18. The smallest absolute Gasteiger partial charge is 0.265 e. The highest BCUT2D eigenvalue weighted by molar-refractivity contribution is 5.94. The van der Waals surface area contributed by atoms with E-state index in [2.05, 4.69) is 5.32 Å². The summed E-state index contributed by atoms with van der Waals surface area (Å²) < 4.78 is 5.70. The van der Waals surface area contributed by atoms with Crippen LogP contribution < -0.4 is 10.1 Å². The maximum atomic E-state index is 12.1. The maximum Gasteiger partial charge on any atom is 0.265 e. The van der Waals surface area contributed by atoms with E-state index < -0.39 is 6.10 Å². The molecule has 0 unspecified atom stereocenters. The molecule has 0 bridgehead atoms. The molecule has 1 N–H and O–H groups in total. The van der Waals surface area contributed by atoms with Gasteiger partial charge in [-0.05, 0) is 68.7 Å². The zero-order valence-electron chi connectivity index (χ0n) is 12.9. The normalized spacial score (nSPS) is 11.8. The Morgan fingerprint density at radius 1 is 1.05 bits per heavy atom. The zero-order chi connectivity index (χ0) is 15.4. The number of hydrogen-bond acceptors (Lipinski definition) is 2. The summed E-state index contributed by atoms with van der Waals surface area (Å²) in [5, 5.41) is 2.86. The molecule has 0 aromatic heterocycles. The molecule has 0 aliphatic rings. The Kier molecular flexibility index (Phi) is 4.63. The average Bonchev–Trinajstić information content (AvgIpc) is 2.43. The largest absolute Gasteiger partial charge is 0.481 e. The Balaban J connectivity index is 2.00. The summed E-state index contributed by atoms with van der Waals surface area (Å²) in [6, 6.07) is 13.5. The summed E-state index contributed by atoms with van der Waals surface area (Å²) in [5.41, 5.74) is 4.25. The molecule has 21 heavy (non-hydrogen) atoms. The van der Waals surface area contributed by atoms with Gasteiger partial charge in [0.2, 0.25) is 0 Å². The van der Waals surface area contributed by atoms with Gasteiger partial charge in [0.15, 0.2) is 6.10 Å². The molecule has 110 valence electrons. The van der Waals surface area contributed by atoms with Crippen LogP contribution in [0.3, 0.4) is 0 Å². The molecule has 2 rings (SSSR count). The average molecular weight is 283 g/mol. The molecule has 2 aromatic carbocycles. The van der Waals surface area contributed by atoms with E-state index in [4.69, 9.17) is 4.74 Å². The van der Waals surface area contributed by atoms with Crippen LogP contribution in [0.2, 0.25) is 0 Å². The number of aryl methyl sites for hydroxylation is 3. The molecular weight excluding hydrogens is 262 g/mol. The first-order chi connectivity index (χ1) is 9.95. The third-order valence-electron chi connectivity index (χ3n) is 3.45. The van der Waals surface area contributed by atoms with Crippen LogP contribution in [0.5, 0.6) is 5.75 Å². The fourth-order valence-electron chi connectivity index (χ4n) is 2.01. The van der Waals surface area contributed by atoms with Gasteiger partial charge in [0.25, 0.3) is 5.91 Å². The molecule has 3 heteroatoms. The molecule has 0 radical (unpaired) electrons. The van der Waals surface area contributed by atoms with Crippen LogP contribution in [-0.2, 0) is 4.79 Å². The molecule has 0 aliphatic heterocycles. The third-order valence-corrected chi connectivity index (χ3v) is 3.45. The topological polar surface area (TPSA) is 38.3 Å². The van der Waals surface area contributed by atoms with Gasteiger partial charge in [-0.3, -0.25) is 4.79 Å². The summed E-state index contributed by atoms with van der Waals surface area (Å²) >= 11 is 0. The highest BCUT2D eigenvalue weighted by atomic mass is 16.5. The number of rotatable bonds is 4. The van der Waals surface area contributed by atoms with E-state index in [0.717, 1.165) is 16.8 Å². The first-order valence-electron chi connectivity index (χ1n) is 7.07. The Morgan fingerprint density at radius 3 is 2.48 bits per heavy atom. The predicted octanol–water partition coefficient (Wildman–Crippen LogP) is 4.02. The van der Waals surface area contributed by atoms with Gasteiger partial charge in [-0.25, -0.2) is 0 Å². The number of benzene rings is 2. The van der Waals surface area contributed by atoms with Gasteiger partial charge in [0, 0.05) is 5.69 Å². The quantitative estimate of drug-likeness (QED) is 0.920. The minimum Gasteiger partial charge on any atom is -0.481 e. The van der Waals surface area contributed by atoms with Crippen molar-refractivity contribution in [1.82, 2.24) is 0 Å². The van der Waals surface area contributed by atoms with Crippen LogP contribution in [0.4, 0.5) is 5.69 Å². The fraction of sp³-hybridized carbons (Fsp3) is 0.278. The van der Waals surface area contributed by atoms with Crippen LogP contribution in [0.25, 0.3) is 0 Å². The van der Waals surface area contributed by atoms with Crippen LogP contribution in [0, 0.1) is 20.8 Å². The van der Waals surface area contributed by atoms with Crippen molar-refractivity contribution in [3.63, 3.8) is 0 Å². The number of amides is 1. The number of ether oxygens (including phenoxy) is 1. The van der Waals surface area contributed by atoms with Crippen molar-refractivity contribution in [1.29, 1.82) is 0 Å². The summed E-state index contributed by atoms with van der Waals surface area (Å²) in [6.07, 6.45) is -0.549. The molecule has 0 saturated heterocycles. The summed E-state index contributed by atoms with van der Waals surface area (Å²) in [5.74, 6) is 0.559. The van der Waals surface area contributed by atoms with Crippen molar-refractivity contribution in [3.05, 3.63) is 59.2 Å². The van der Waals surface area contributed by atoms with Crippen LogP contribution >= 0.6 is 0 Å². The second-order valence-electron chi connectivity index (χ2n) is 5.36. The number of carbonyl (C=O) groups is 1. The lowest BCUT2D eigenvalue weighted by atomic mass is 10.1. The second-order valence-corrected chi connectivity index (χ2v) is 5.36. The number of anilines is 1. The van der Waals surface area contributed by atoms with Crippen molar-refractivity contribution in [2.75, 3.05) is 5.32 Å². The zero-order valence-corrected chi connectivity index (χ0v) is 12.9. The van der Waals surface area contributed by atoms with E-state index >= 15 is 0 Å². The standard InChI is InChI=1S/C18H21NO2/c1-12-6-5-7-16(10-12)19-18(20)15(4)21-17-9-8-13(2)14(3)11-17/h5-11,15H,1-4H3,(H,19,20)/t15-/m0/s1. The van der Waals surface area contributed by atoms with Crippen LogP contribution in [-0.4, -0.2) is 12.0 Å². The van der Waals surface area contributed by atoms with Crippen LogP contribution in [0.1, 0.15) is 23.6 Å². The fourth-order valence-corrected chi connectivity index (χ4v) is 2.01. The van der Waals surface area contributed by atoms with Gasteiger partial charge in [0.1, 0.15) is 5.75 Å². The maximum absolute atomic E-state index is 12.1. The van der Waals surface area contributed by atoms with E-state index in [-0.39, 0.29) is 5.91 Å². The van der Waals surface area contributed by atoms with E-state index in [9.17, 15) is 4.79 Å². The predicted molar refractivity (Wildman–Crippen MR) is 85.8 cm³/mol. The first-order valence-corrected chi connectivity index (χ1v) is 7.07. The number of nitrogens with one attached hydrogen (secondary N) is 1. The lowest BCUT2D eigenvalue weighted by Crippen LogP contribution is -2.30. The molecular formula is C18H21NO2. The van der Waals surface area contributed by atoms with Crippen LogP contribution in [0.15, 0.2) is 42.5 Å². The van der Waals surface area contributed by atoms with Gasteiger partial charge in [-0.15, -0.1) is 0 Å². The molecule has 1 atom stereocenters. The van der Waals surface area contributed by atoms with Crippen molar-refractivity contribution in [2.24, 2.45) is 0 Å². The van der Waals surface area contributed by atoms with Gasteiger partial charge in [-0.2, -0.15) is 0 Å². The highest BCUT2D eigenvalue weighted by Gasteiger charge is 2.15. The van der Waals surface area contributed by atoms with E-state index in [1.54, 1.807) is 6.92 Å². The molecule has 2 aromatic rings. The Morgan fingerprint density at radius 2 is 1.81 bits per heavy atom. The van der Waals surface area contributed by atoms with Gasteiger partial charge < -0.3 is 10.1 Å². The van der Waals surface area contributed by atoms with E-state index in [1.807, 2.05) is 63.2 Å². The minimum atomic E-state index is -0.549. The Bertz CT molecular complexity index is 649. The number of hydrogen-bond donors (Lipinski definition) is 1. The van der Waals surface area contributed by atoms with Crippen molar-refractivity contribution >= 4 is 11.6 Å². The summed E-state index contributed by atoms with van der Waals surface area (Å²) in [4.78, 5) is 12.1. The van der Waals surface area contributed by atoms with Crippen molar-refractivity contribution in [3.8, 4) is 5.75 Å². The van der Waals surface area contributed by atoms with E-state index in [0.29, 0.717) is 5.75 Å². The monoisotopic (exact) mass is 283 g/mol. The Labute approximate surface area is 126 Å². The van der Waals surface area contributed by atoms with Gasteiger partial charge >= 0.3 is 0 Å². The molecule has 0 heterocycles. The SMILES string of the molecule is Cc1cccc(NC(=O)[C@H](C)Oc2ccc(C)c(C)c2)c1. The lowest BCUT2D eigenvalue weighted by molar-refractivity contribution is -0.122.